The number of nitrogens with one attached hydrogen (secondary N) is 2. The van der Waals surface area contributed by atoms with Crippen LogP contribution in [0, 0.1) is 0 Å². The van der Waals surface area contributed by atoms with Gasteiger partial charge in [0.05, 0.1) is 19.9 Å². The van der Waals surface area contributed by atoms with Crippen LogP contribution in [0.3, 0.4) is 0 Å². The summed E-state index contributed by atoms with van der Waals surface area (Å²) in [5.41, 5.74) is 1.56. The van der Waals surface area contributed by atoms with Crippen LogP contribution in [-0.2, 0) is 6.61 Å². The van der Waals surface area contributed by atoms with E-state index in [9.17, 15) is 4.79 Å². The summed E-state index contributed by atoms with van der Waals surface area (Å²) < 4.78 is 21.9. The van der Waals surface area contributed by atoms with Crippen LogP contribution in [0.25, 0.3) is 11.3 Å². The SMILES string of the molecule is COc1ccccc1OCc1ccc(C(=O)Nc2cc(-c3ccccc3OC)[nH]n2)o1. The van der Waals surface area contributed by atoms with Crippen LogP contribution in [0.1, 0.15) is 16.3 Å². The van der Waals surface area contributed by atoms with E-state index in [4.69, 9.17) is 18.6 Å². The first kappa shape index (κ1) is 20.1. The second-order valence-electron chi connectivity index (χ2n) is 6.53. The lowest BCUT2D eigenvalue weighted by Crippen LogP contribution is -2.11. The fraction of sp³-hybridized carbons (Fsp3) is 0.130. The number of aromatic amines is 1. The van der Waals surface area contributed by atoms with E-state index in [1.54, 1.807) is 44.6 Å². The maximum atomic E-state index is 12.5. The van der Waals surface area contributed by atoms with Gasteiger partial charge in [0, 0.05) is 11.6 Å². The highest BCUT2D eigenvalue weighted by molar-refractivity contribution is 6.02. The summed E-state index contributed by atoms with van der Waals surface area (Å²) in [4.78, 5) is 12.5. The zero-order chi connectivity index (χ0) is 21.6. The lowest BCUT2D eigenvalue weighted by Gasteiger charge is -2.08. The molecular weight excluding hydrogens is 398 g/mol. The molecule has 158 valence electrons. The van der Waals surface area contributed by atoms with Crippen LogP contribution >= 0.6 is 0 Å². The van der Waals surface area contributed by atoms with Gasteiger partial charge in [-0.3, -0.25) is 9.89 Å². The molecule has 4 rings (SSSR count). The maximum Gasteiger partial charge on any atom is 0.292 e. The largest absolute Gasteiger partial charge is 0.496 e. The first-order valence-electron chi connectivity index (χ1n) is 9.52. The number of nitrogens with zero attached hydrogens (tertiary/aromatic N) is 1. The monoisotopic (exact) mass is 419 g/mol. The summed E-state index contributed by atoms with van der Waals surface area (Å²) in [7, 11) is 3.18. The van der Waals surface area contributed by atoms with E-state index in [1.165, 1.54) is 0 Å². The molecule has 2 aromatic carbocycles. The average molecular weight is 419 g/mol. The van der Waals surface area contributed by atoms with Crippen molar-refractivity contribution in [3.63, 3.8) is 0 Å². The molecule has 0 bridgehead atoms. The highest BCUT2D eigenvalue weighted by atomic mass is 16.5. The second kappa shape index (κ2) is 9.08. The van der Waals surface area contributed by atoms with Gasteiger partial charge < -0.3 is 23.9 Å². The van der Waals surface area contributed by atoms with Crippen LogP contribution in [-0.4, -0.2) is 30.3 Å². The van der Waals surface area contributed by atoms with E-state index in [1.807, 2.05) is 36.4 Å². The van der Waals surface area contributed by atoms with Crippen molar-refractivity contribution in [3.8, 4) is 28.5 Å². The molecule has 0 atom stereocenters. The van der Waals surface area contributed by atoms with Crippen molar-refractivity contribution in [1.82, 2.24) is 10.2 Å². The predicted octanol–water partition coefficient (Wildman–Crippen LogP) is 4.52. The van der Waals surface area contributed by atoms with Crippen molar-refractivity contribution in [1.29, 1.82) is 0 Å². The first-order valence-corrected chi connectivity index (χ1v) is 9.52. The Labute approximate surface area is 178 Å². The van der Waals surface area contributed by atoms with Gasteiger partial charge >= 0.3 is 0 Å². The summed E-state index contributed by atoms with van der Waals surface area (Å²) in [5.74, 6) is 2.53. The van der Waals surface area contributed by atoms with Crippen molar-refractivity contribution in [3.05, 3.63) is 78.3 Å². The van der Waals surface area contributed by atoms with Gasteiger partial charge in [-0.2, -0.15) is 5.10 Å². The van der Waals surface area contributed by atoms with Crippen LogP contribution in [0.5, 0.6) is 17.2 Å². The Hall–Kier alpha value is -4.20. The number of carbonyl (C=O) groups excluding carboxylic acids is 1. The van der Waals surface area contributed by atoms with Gasteiger partial charge in [-0.05, 0) is 36.4 Å². The predicted molar refractivity (Wildman–Crippen MR) is 115 cm³/mol. The molecule has 0 aliphatic heterocycles. The fourth-order valence-corrected chi connectivity index (χ4v) is 3.03. The third-order valence-corrected chi connectivity index (χ3v) is 4.54. The molecule has 0 spiro atoms. The molecule has 2 aromatic heterocycles. The number of aromatic nitrogens is 2. The molecule has 1 amide bonds. The standard InChI is InChI=1S/C23H21N3O5/c1-28-18-8-4-3-7-16(18)17-13-22(26-25-17)24-23(27)21-12-11-15(31-21)14-30-20-10-6-5-9-19(20)29-2/h3-13H,14H2,1-2H3,(H2,24,25,26,27). The number of H-pyrrole nitrogens is 1. The molecule has 0 aliphatic carbocycles. The molecule has 0 aliphatic rings. The Morgan fingerprint density at radius 3 is 2.45 bits per heavy atom. The smallest absolute Gasteiger partial charge is 0.292 e. The minimum Gasteiger partial charge on any atom is -0.496 e. The molecule has 4 aromatic rings. The third-order valence-electron chi connectivity index (χ3n) is 4.54. The van der Waals surface area contributed by atoms with Crippen molar-refractivity contribution in [2.24, 2.45) is 0 Å². The number of para-hydroxylation sites is 3. The number of amides is 1. The van der Waals surface area contributed by atoms with Gasteiger partial charge in [0.25, 0.3) is 5.91 Å². The number of ether oxygens (including phenoxy) is 3. The van der Waals surface area contributed by atoms with Gasteiger partial charge in [-0.1, -0.05) is 24.3 Å². The van der Waals surface area contributed by atoms with Crippen molar-refractivity contribution >= 4 is 11.7 Å². The summed E-state index contributed by atoms with van der Waals surface area (Å²) in [5, 5.41) is 9.76. The average Bonchev–Trinajstić information content (AvgIpc) is 3.47. The Kier molecular flexibility index (Phi) is 5.89. The fourth-order valence-electron chi connectivity index (χ4n) is 3.03. The van der Waals surface area contributed by atoms with E-state index in [-0.39, 0.29) is 12.4 Å². The molecule has 0 unspecified atom stereocenters. The van der Waals surface area contributed by atoms with Gasteiger partial charge in [-0.15, -0.1) is 0 Å². The van der Waals surface area contributed by atoms with E-state index in [0.717, 1.165) is 11.3 Å². The Balaban J connectivity index is 1.40. The number of methoxy groups -OCH3 is 2. The van der Waals surface area contributed by atoms with Gasteiger partial charge in [0.1, 0.15) is 18.1 Å². The zero-order valence-corrected chi connectivity index (χ0v) is 17.0. The van der Waals surface area contributed by atoms with E-state index in [0.29, 0.717) is 28.8 Å². The van der Waals surface area contributed by atoms with E-state index < -0.39 is 5.91 Å². The van der Waals surface area contributed by atoms with E-state index >= 15 is 0 Å². The van der Waals surface area contributed by atoms with Crippen LogP contribution in [0.2, 0.25) is 0 Å². The number of furan rings is 1. The van der Waals surface area contributed by atoms with Crippen LogP contribution in [0.4, 0.5) is 5.82 Å². The first-order chi connectivity index (χ1) is 15.2. The lowest BCUT2D eigenvalue weighted by atomic mass is 10.1. The summed E-state index contributed by atoms with van der Waals surface area (Å²) >= 11 is 0. The summed E-state index contributed by atoms with van der Waals surface area (Å²) in [6.45, 7) is 0.161. The number of carbonyl (C=O) groups is 1. The van der Waals surface area contributed by atoms with Crippen LogP contribution < -0.4 is 19.5 Å². The molecule has 8 nitrogen and oxygen atoms in total. The maximum absolute atomic E-state index is 12.5. The molecule has 31 heavy (non-hydrogen) atoms. The molecule has 2 heterocycles. The Bertz CT molecular complexity index is 1180. The second-order valence-corrected chi connectivity index (χ2v) is 6.53. The van der Waals surface area contributed by atoms with E-state index in [2.05, 4.69) is 15.5 Å². The topological polar surface area (TPSA) is 98.6 Å². The number of hydrogen-bond donors (Lipinski definition) is 2. The number of anilines is 1. The summed E-state index contributed by atoms with van der Waals surface area (Å²) in [6, 6.07) is 19.8. The molecule has 0 saturated carbocycles. The molecule has 0 fully saturated rings. The highest BCUT2D eigenvalue weighted by Crippen LogP contribution is 2.29. The Morgan fingerprint density at radius 2 is 1.68 bits per heavy atom. The molecule has 0 saturated heterocycles. The minimum absolute atomic E-state index is 0.153. The highest BCUT2D eigenvalue weighted by Gasteiger charge is 2.15. The number of rotatable bonds is 8. The molecule has 2 N–H and O–H groups in total. The van der Waals surface area contributed by atoms with Gasteiger partial charge in [0.15, 0.2) is 23.1 Å². The third kappa shape index (κ3) is 4.53. The quantitative estimate of drug-likeness (QED) is 0.436. The number of benzene rings is 2. The molecule has 8 heteroatoms. The zero-order valence-electron chi connectivity index (χ0n) is 17.0. The van der Waals surface area contributed by atoms with Gasteiger partial charge in [-0.25, -0.2) is 0 Å². The van der Waals surface area contributed by atoms with Gasteiger partial charge in [0.2, 0.25) is 0 Å². The molecule has 0 radical (unpaired) electrons. The van der Waals surface area contributed by atoms with Crippen molar-refractivity contribution < 1.29 is 23.4 Å². The summed E-state index contributed by atoms with van der Waals surface area (Å²) in [6.07, 6.45) is 0. The van der Waals surface area contributed by atoms with Crippen molar-refractivity contribution in [2.75, 3.05) is 19.5 Å². The van der Waals surface area contributed by atoms with Crippen LogP contribution in [0.15, 0.2) is 71.1 Å². The normalized spacial score (nSPS) is 10.5. The Morgan fingerprint density at radius 1 is 0.968 bits per heavy atom. The lowest BCUT2D eigenvalue weighted by molar-refractivity contribution is 0.0992. The minimum atomic E-state index is -0.415. The van der Waals surface area contributed by atoms with Crippen molar-refractivity contribution in [2.45, 2.75) is 6.61 Å². The number of hydrogen-bond acceptors (Lipinski definition) is 6. The molecular formula is C23H21N3O5.